The number of nitrogens with one attached hydrogen (secondary N) is 1. The van der Waals surface area contributed by atoms with Gasteiger partial charge in [-0.05, 0) is 18.2 Å². The molecule has 4 aromatic rings. The SMILES string of the molecule is Fc1ccc2c3c1CNc1c(cc(-c4cnc(OC(F)F)nc4)c4nncn14)OC[C@H]3CO2. The Morgan fingerprint density at radius 2 is 1.91 bits per heavy atom. The van der Waals surface area contributed by atoms with Gasteiger partial charge in [-0.15, -0.1) is 10.2 Å². The number of benzene rings is 1. The van der Waals surface area contributed by atoms with Crippen LogP contribution in [0.25, 0.3) is 16.8 Å². The van der Waals surface area contributed by atoms with Gasteiger partial charge in [0.1, 0.15) is 17.9 Å². The first kappa shape index (κ1) is 19.6. The maximum atomic E-state index is 14.7. The van der Waals surface area contributed by atoms with Crippen molar-refractivity contribution in [3.63, 3.8) is 0 Å². The van der Waals surface area contributed by atoms with E-state index in [1.54, 1.807) is 16.5 Å². The van der Waals surface area contributed by atoms with Crippen molar-refractivity contribution in [3.05, 3.63) is 53.9 Å². The van der Waals surface area contributed by atoms with Crippen LogP contribution in [0.15, 0.2) is 36.9 Å². The summed E-state index contributed by atoms with van der Waals surface area (Å²) in [6, 6.07) is 4.33. The number of rotatable bonds is 3. The Kier molecular flexibility index (Phi) is 4.45. The Bertz CT molecular complexity index is 1360. The second kappa shape index (κ2) is 7.50. The van der Waals surface area contributed by atoms with Crippen LogP contribution in [0.5, 0.6) is 17.5 Å². The molecule has 2 aliphatic rings. The molecule has 0 saturated heterocycles. The molecule has 0 amide bonds. The number of nitrogens with zero attached hydrogens (tertiary/aromatic N) is 5. The van der Waals surface area contributed by atoms with Gasteiger partial charge in [0.25, 0.3) is 0 Å². The summed E-state index contributed by atoms with van der Waals surface area (Å²) in [4.78, 5) is 7.66. The van der Waals surface area contributed by atoms with E-state index in [0.717, 1.165) is 5.56 Å². The summed E-state index contributed by atoms with van der Waals surface area (Å²) < 4.78 is 57.3. The second-order valence-electron chi connectivity index (χ2n) is 7.54. The summed E-state index contributed by atoms with van der Waals surface area (Å²) >= 11 is 0. The first-order valence-corrected chi connectivity index (χ1v) is 10.0. The van der Waals surface area contributed by atoms with Crippen LogP contribution in [0.1, 0.15) is 17.0 Å². The van der Waals surface area contributed by atoms with Crippen molar-refractivity contribution in [3.8, 4) is 28.6 Å². The molecular formula is C21H15F3N6O3. The number of fused-ring (bicyclic) bond motifs is 3. The highest BCUT2D eigenvalue weighted by Gasteiger charge is 2.31. The van der Waals surface area contributed by atoms with E-state index in [2.05, 4.69) is 30.2 Å². The standard InChI is InChI=1S/C21H15F3N6O3/c22-14-1-2-15-17-11(7-31-15)8-32-16-3-12(10-4-26-21(27-5-10)33-20(23)24)18-29-28-9-30(18)19(16)25-6-13(14)17/h1-5,9,11,20,25H,6-8H2/t11-/m1/s1. The number of pyridine rings is 1. The summed E-state index contributed by atoms with van der Waals surface area (Å²) in [6.07, 6.45) is 4.21. The van der Waals surface area contributed by atoms with Crippen molar-refractivity contribution in [2.75, 3.05) is 18.5 Å². The fraction of sp³-hybridized carbons (Fsp3) is 0.238. The van der Waals surface area contributed by atoms with Crippen LogP contribution in [0.3, 0.4) is 0 Å². The van der Waals surface area contributed by atoms with E-state index in [4.69, 9.17) is 9.47 Å². The zero-order valence-corrected chi connectivity index (χ0v) is 16.8. The number of ether oxygens (including phenoxy) is 3. The van der Waals surface area contributed by atoms with Crippen LogP contribution in [-0.4, -0.2) is 44.4 Å². The van der Waals surface area contributed by atoms with Gasteiger partial charge in [-0.3, -0.25) is 4.40 Å². The number of hydrogen-bond donors (Lipinski definition) is 1. The Hall–Kier alpha value is -4.09. The van der Waals surface area contributed by atoms with Crippen molar-refractivity contribution < 1.29 is 27.4 Å². The molecule has 0 radical (unpaired) electrons. The quantitative estimate of drug-likeness (QED) is 0.501. The summed E-state index contributed by atoms with van der Waals surface area (Å²) in [7, 11) is 0. The van der Waals surface area contributed by atoms with Crippen molar-refractivity contribution >= 4 is 11.5 Å². The Balaban J connectivity index is 1.44. The van der Waals surface area contributed by atoms with Gasteiger partial charge in [0.2, 0.25) is 0 Å². The third kappa shape index (κ3) is 3.25. The van der Waals surface area contributed by atoms with Gasteiger partial charge >= 0.3 is 12.6 Å². The van der Waals surface area contributed by atoms with Gasteiger partial charge in [0.05, 0.1) is 19.1 Å². The first-order valence-electron chi connectivity index (χ1n) is 10.0. The minimum Gasteiger partial charge on any atom is -0.493 e. The van der Waals surface area contributed by atoms with Gasteiger partial charge in [-0.25, -0.2) is 14.4 Å². The van der Waals surface area contributed by atoms with Crippen molar-refractivity contribution in [1.29, 1.82) is 0 Å². The lowest BCUT2D eigenvalue weighted by Crippen LogP contribution is -2.13. The lowest BCUT2D eigenvalue weighted by Gasteiger charge is -2.16. The molecule has 168 valence electrons. The third-order valence-electron chi connectivity index (χ3n) is 5.65. The molecule has 0 saturated carbocycles. The lowest BCUT2D eigenvalue weighted by atomic mass is 9.96. The van der Waals surface area contributed by atoms with E-state index in [0.29, 0.717) is 46.3 Å². The summed E-state index contributed by atoms with van der Waals surface area (Å²) in [5.74, 6) is 1.24. The topological polar surface area (TPSA) is 95.7 Å². The largest absolute Gasteiger partial charge is 0.493 e. The average molecular weight is 456 g/mol. The van der Waals surface area contributed by atoms with Gasteiger partial charge in [0, 0.05) is 41.2 Å². The van der Waals surface area contributed by atoms with Crippen LogP contribution in [-0.2, 0) is 6.54 Å². The van der Waals surface area contributed by atoms with Crippen molar-refractivity contribution in [2.45, 2.75) is 19.1 Å². The smallest absolute Gasteiger partial charge is 0.389 e. The molecule has 6 rings (SSSR count). The number of aromatic nitrogens is 5. The molecule has 1 N–H and O–H groups in total. The van der Waals surface area contributed by atoms with E-state index in [9.17, 15) is 13.2 Å². The fourth-order valence-electron chi connectivity index (χ4n) is 4.19. The molecule has 1 aromatic carbocycles. The maximum absolute atomic E-state index is 14.7. The normalized spacial score (nSPS) is 16.7. The summed E-state index contributed by atoms with van der Waals surface area (Å²) in [5, 5.41) is 11.4. The van der Waals surface area contributed by atoms with Gasteiger partial charge in [-0.2, -0.15) is 8.78 Å². The van der Waals surface area contributed by atoms with E-state index < -0.39 is 12.6 Å². The minimum absolute atomic E-state index is 0.132. The Labute approximate surface area is 184 Å². The van der Waals surface area contributed by atoms with Crippen molar-refractivity contribution in [1.82, 2.24) is 24.6 Å². The monoisotopic (exact) mass is 456 g/mol. The molecule has 0 fully saturated rings. The van der Waals surface area contributed by atoms with Crippen molar-refractivity contribution in [2.24, 2.45) is 0 Å². The minimum atomic E-state index is -3.02. The number of anilines is 1. The zero-order valence-electron chi connectivity index (χ0n) is 16.8. The molecule has 0 bridgehead atoms. The van der Waals surface area contributed by atoms with E-state index in [-0.39, 0.29) is 24.9 Å². The highest BCUT2D eigenvalue weighted by atomic mass is 19.3. The molecule has 9 nitrogen and oxygen atoms in total. The molecule has 12 heteroatoms. The number of alkyl halides is 2. The molecule has 0 spiro atoms. The van der Waals surface area contributed by atoms with Gasteiger partial charge < -0.3 is 19.5 Å². The van der Waals surface area contributed by atoms with E-state index in [1.807, 2.05) is 0 Å². The summed E-state index contributed by atoms with van der Waals surface area (Å²) in [6.45, 7) is -2.15. The maximum Gasteiger partial charge on any atom is 0.389 e. The van der Waals surface area contributed by atoms with E-state index >= 15 is 0 Å². The lowest BCUT2D eigenvalue weighted by molar-refractivity contribution is -0.0560. The molecule has 2 aliphatic heterocycles. The van der Waals surface area contributed by atoms with Gasteiger partial charge in [-0.1, -0.05) is 0 Å². The molecular weight excluding hydrogens is 441 g/mol. The Morgan fingerprint density at radius 1 is 1.12 bits per heavy atom. The number of hydrogen-bond acceptors (Lipinski definition) is 8. The first-order chi connectivity index (χ1) is 16.1. The zero-order chi connectivity index (χ0) is 22.5. The van der Waals surface area contributed by atoms with E-state index in [1.165, 1.54) is 24.8 Å². The molecule has 1 atom stereocenters. The molecule has 5 heterocycles. The number of halogens is 3. The van der Waals surface area contributed by atoms with Crippen LogP contribution in [0, 0.1) is 5.82 Å². The van der Waals surface area contributed by atoms with Crippen LogP contribution >= 0.6 is 0 Å². The predicted molar refractivity (Wildman–Crippen MR) is 108 cm³/mol. The van der Waals surface area contributed by atoms with Crippen LogP contribution in [0.4, 0.5) is 19.0 Å². The highest BCUT2D eigenvalue weighted by molar-refractivity contribution is 5.81. The third-order valence-corrected chi connectivity index (χ3v) is 5.65. The Morgan fingerprint density at radius 3 is 2.70 bits per heavy atom. The second-order valence-corrected chi connectivity index (χ2v) is 7.54. The molecule has 3 aromatic heterocycles. The van der Waals surface area contributed by atoms with Crippen LogP contribution in [0.2, 0.25) is 0 Å². The molecule has 0 aliphatic carbocycles. The molecule has 0 unspecified atom stereocenters. The summed E-state index contributed by atoms with van der Waals surface area (Å²) in [5.41, 5.74) is 2.86. The highest BCUT2D eigenvalue weighted by Crippen LogP contribution is 2.41. The molecule has 33 heavy (non-hydrogen) atoms. The van der Waals surface area contributed by atoms with Gasteiger partial charge in [0.15, 0.2) is 17.2 Å². The fourth-order valence-corrected chi connectivity index (χ4v) is 4.19. The average Bonchev–Trinajstić information content (AvgIpc) is 3.45. The van der Waals surface area contributed by atoms with Crippen LogP contribution < -0.4 is 19.5 Å². The predicted octanol–water partition coefficient (Wildman–Crippen LogP) is 3.41.